The Morgan fingerprint density at radius 3 is 2.29 bits per heavy atom. The number of hydrogen-bond donors (Lipinski definition) is 2. The molecule has 6 nitrogen and oxygen atoms in total. The van der Waals surface area contributed by atoms with Crippen molar-refractivity contribution in [2.45, 2.75) is 32.1 Å². The van der Waals surface area contributed by atoms with Crippen molar-refractivity contribution in [2.24, 2.45) is 11.7 Å². The lowest BCUT2D eigenvalue weighted by Crippen LogP contribution is -2.27. The van der Waals surface area contributed by atoms with Gasteiger partial charge in [-0.3, -0.25) is 14.4 Å². The van der Waals surface area contributed by atoms with Crippen LogP contribution in [-0.2, 0) is 4.79 Å². The van der Waals surface area contributed by atoms with Crippen molar-refractivity contribution >= 4 is 29.1 Å². The normalized spacial score (nSPS) is 14.3. The molecule has 3 N–H and O–H groups in total. The van der Waals surface area contributed by atoms with Crippen LogP contribution in [0.25, 0.3) is 0 Å². The highest BCUT2D eigenvalue weighted by atomic mass is 16.2. The number of primary amides is 1. The standard InChI is InChI=1S/C22H25N3O3/c1-25(19-12-10-15(11-13-19)20(23)26)22(28)17-8-5-9-18(14-17)24-21(27)16-6-3-2-4-7-16/h5,8-14,16H,2-4,6-7H2,1H3,(H2,23,26)(H,24,27). The van der Waals surface area contributed by atoms with Crippen LogP contribution in [0, 0.1) is 5.92 Å². The maximum Gasteiger partial charge on any atom is 0.258 e. The van der Waals surface area contributed by atoms with Gasteiger partial charge in [-0.15, -0.1) is 0 Å². The quantitative estimate of drug-likeness (QED) is 0.831. The minimum absolute atomic E-state index is 0.0275. The molecule has 0 heterocycles. The number of anilines is 2. The third-order valence-corrected chi connectivity index (χ3v) is 5.20. The zero-order valence-corrected chi connectivity index (χ0v) is 16.0. The Morgan fingerprint density at radius 1 is 0.964 bits per heavy atom. The minimum atomic E-state index is -0.512. The third kappa shape index (κ3) is 4.57. The number of rotatable bonds is 5. The highest BCUT2D eigenvalue weighted by molar-refractivity contribution is 6.07. The molecule has 0 bridgehead atoms. The molecule has 3 amide bonds. The third-order valence-electron chi connectivity index (χ3n) is 5.20. The van der Waals surface area contributed by atoms with Gasteiger partial charge in [-0.1, -0.05) is 25.3 Å². The van der Waals surface area contributed by atoms with E-state index in [0.29, 0.717) is 22.5 Å². The molecule has 0 radical (unpaired) electrons. The van der Waals surface area contributed by atoms with Gasteiger partial charge in [-0.25, -0.2) is 0 Å². The smallest absolute Gasteiger partial charge is 0.258 e. The van der Waals surface area contributed by atoms with E-state index < -0.39 is 5.91 Å². The Balaban J connectivity index is 1.70. The van der Waals surface area contributed by atoms with Crippen molar-refractivity contribution in [3.63, 3.8) is 0 Å². The van der Waals surface area contributed by atoms with E-state index in [4.69, 9.17) is 5.73 Å². The highest BCUT2D eigenvalue weighted by Crippen LogP contribution is 2.25. The molecule has 0 saturated heterocycles. The molecule has 2 aromatic rings. The van der Waals surface area contributed by atoms with Gasteiger partial charge in [0.05, 0.1) is 0 Å². The lowest BCUT2D eigenvalue weighted by atomic mass is 9.88. The number of nitrogens with two attached hydrogens (primary N) is 1. The van der Waals surface area contributed by atoms with Gasteiger partial charge < -0.3 is 16.0 Å². The number of benzene rings is 2. The molecule has 146 valence electrons. The van der Waals surface area contributed by atoms with Crippen molar-refractivity contribution in [1.29, 1.82) is 0 Å². The molecule has 28 heavy (non-hydrogen) atoms. The summed E-state index contributed by atoms with van der Waals surface area (Å²) >= 11 is 0. The lowest BCUT2D eigenvalue weighted by molar-refractivity contribution is -0.120. The zero-order chi connectivity index (χ0) is 20.1. The Morgan fingerprint density at radius 2 is 1.64 bits per heavy atom. The molecule has 0 unspecified atom stereocenters. The number of carbonyl (C=O) groups is 3. The van der Waals surface area contributed by atoms with Crippen LogP contribution in [-0.4, -0.2) is 24.8 Å². The zero-order valence-electron chi connectivity index (χ0n) is 16.0. The van der Waals surface area contributed by atoms with Crippen LogP contribution in [0.1, 0.15) is 52.8 Å². The SMILES string of the molecule is CN(C(=O)c1cccc(NC(=O)C2CCCCC2)c1)c1ccc(C(N)=O)cc1. The van der Waals surface area contributed by atoms with Crippen molar-refractivity contribution < 1.29 is 14.4 Å². The van der Waals surface area contributed by atoms with E-state index in [9.17, 15) is 14.4 Å². The molecule has 1 aliphatic rings. The molecule has 0 atom stereocenters. The summed E-state index contributed by atoms with van der Waals surface area (Å²) in [6, 6.07) is 13.5. The molecule has 2 aromatic carbocycles. The first-order valence-electron chi connectivity index (χ1n) is 9.54. The first-order chi connectivity index (χ1) is 13.5. The maximum atomic E-state index is 12.8. The number of nitrogens with one attached hydrogen (secondary N) is 1. The summed E-state index contributed by atoms with van der Waals surface area (Å²) < 4.78 is 0. The van der Waals surface area contributed by atoms with Gasteiger partial charge in [0.15, 0.2) is 0 Å². The van der Waals surface area contributed by atoms with E-state index in [1.54, 1.807) is 55.6 Å². The summed E-state index contributed by atoms with van der Waals surface area (Å²) in [5.41, 5.74) is 7.38. The predicted octanol–water partition coefficient (Wildman–Crippen LogP) is 3.58. The summed E-state index contributed by atoms with van der Waals surface area (Å²) in [5, 5.41) is 2.94. The van der Waals surface area contributed by atoms with Gasteiger partial charge in [0.25, 0.3) is 5.91 Å². The Hall–Kier alpha value is -3.15. The molecular weight excluding hydrogens is 354 g/mol. The second-order valence-electron chi connectivity index (χ2n) is 7.18. The number of amides is 3. The summed E-state index contributed by atoms with van der Waals surface area (Å²) in [7, 11) is 1.66. The molecule has 0 spiro atoms. The Bertz CT molecular complexity index is 871. The van der Waals surface area contributed by atoms with Crippen LogP contribution in [0.5, 0.6) is 0 Å². The molecule has 1 saturated carbocycles. The van der Waals surface area contributed by atoms with Crippen LogP contribution in [0.2, 0.25) is 0 Å². The Labute approximate surface area is 164 Å². The molecule has 1 fully saturated rings. The van der Waals surface area contributed by atoms with E-state index in [2.05, 4.69) is 5.32 Å². The van der Waals surface area contributed by atoms with E-state index >= 15 is 0 Å². The van der Waals surface area contributed by atoms with Gasteiger partial charge in [0.1, 0.15) is 0 Å². The summed E-state index contributed by atoms with van der Waals surface area (Å²) in [6.45, 7) is 0. The fourth-order valence-corrected chi connectivity index (χ4v) is 3.50. The van der Waals surface area contributed by atoms with Crippen LogP contribution < -0.4 is 16.0 Å². The molecule has 1 aliphatic carbocycles. The topological polar surface area (TPSA) is 92.5 Å². The fourth-order valence-electron chi connectivity index (χ4n) is 3.50. The molecule has 3 rings (SSSR count). The monoisotopic (exact) mass is 379 g/mol. The molecule has 6 heteroatoms. The van der Waals surface area contributed by atoms with Gasteiger partial charge in [0, 0.05) is 35.5 Å². The van der Waals surface area contributed by atoms with Crippen molar-refractivity contribution in [3.8, 4) is 0 Å². The molecular formula is C22H25N3O3. The van der Waals surface area contributed by atoms with Gasteiger partial charge in [0.2, 0.25) is 11.8 Å². The van der Waals surface area contributed by atoms with Gasteiger partial charge >= 0.3 is 0 Å². The average Bonchev–Trinajstić information content (AvgIpc) is 2.73. The van der Waals surface area contributed by atoms with E-state index in [1.807, 2.05) is 0 Å². The van der Waals surface area contributed by atoms with Crippen molar-refractivity contribution in [3.05, 3.63) is 59.7 Å². The summed E-state index contributed by atoms with van der Waals surface area (Å²) in [5.74, 6) is -0.637. The average molecular weight is 379 g/mol. The second-order valence-corrected chi connectivity index (χ2v) is 7.18. The first-order valence-corrected chi connectivity index (χ1v) is 9.54. The van der Waals surface area contributed by atoms with Gasteiger partial charge in [-0.2, -0.15) is 0 Å². The van der Waals surface area contributed by atoms with Crippen LogP contribution in [0.4, 0.5) is 11.4 Å². The van der Waals surface area contributed by atoms with Gasteiger partial charge in [-0.05, 0) is 55.3 Å². The number of carbonyl (C=O) groups excluding carboxylic acids is 3. The van der Waals surface area contributed by atoms with E-state index in [1.165, 1.54) is 11.3 Å². The van der Waals surface area contributed by atoms with Crippen molar-refractivity contribution in [1.82, 2.24) is 0 Å². The molecule has 0 aromatic heterocycles. The Kier molecular flexibility index (Phi) is 6.09. The van der Waals surface area contributed by atoms with Crippen LogP contribution in [0.3, 0.4) is 0 Å². The summed E-state index contributed by atoms with van der Waals surface area (Å²) in [4.78, 5) is 37.9. The first kappa shape index (κ1) is 19.6. The van der Waals surface area contributed by atoms with E-state index in [-0.39, 0.29) is 17.7 Å². The number of hydrogen-bond acceptors (Lipinski definition) is 3. The molecule has 0 aliphatic heterocycles. The van der Waals surface area contributed by atoms with E-state index in [0.717, 1.165) is 25.7 Å². The van der Waals surface area contributed by atoms with Crippen LogP contribution >= 0.6 is 0 Å². The lowest BCUT2D eigenvalue weighted by Gasteiger charge is -2.21. The van der Waals surface area contributed by atoms with Crippen molar-refractivity contribution in [2.75, 3.05) is 17.3 Å². The minimum Gasteiger partial charge on any atom is -0.366 e. The largest absolute Gasteiger partial charge is 0.366 e. The highest BCUT2D eigenvalue weighted by Gasteiger charge is 2.21. The summed E-state index contributed by atoms with van der Waals surface area (Å²) in [6.07, 6.45) is 5.23. The fraction of sp³-hybridized carbons (Fsp3) is 0.318. The van der Waals surface area contributed by atoms with Crippen LogP contribution in [0.15, 0.2) is 48.5 Å². The predicted molar refractivity (Wildman–Crippen MR) is 109 cm³/mol. The second kappa shape index (κ2) is 8.69. The maximum absolute atomic E-state index is 12.8. The number of nitrogens with zero attached hydrogens (tertiary/aromatic N) is 1.